The van der Waals surface area contributed by atoms with E-state index in [2.05, 4.69) is 0 Å². The number of hydrogen-bond acceptors (Lipinski definition) is 4. The summed E-state index contributed by atoms with van der Waals surface area (Å²) in [5.41, 5.74) is 0. The highest BCUT2D eigenvalue weighted by Gasteiger charge is 2.31. The van der Waals surface area contributed by atoms with Gasteiger partial charge in [0.1, 0.15) is 5.82 Å². The summed E-state index contributed by atoms with van der Waals surface area (Å²) in [5.74, 6) is -0.756. The van der Waals surface area contributed by atoms with Crippen molar-refractivity contribution < 1.29 is 17.6 Å². The van der Waals surface area contributed by atoms with Gasteiger partial charge in [-0.25, -0.2) is 12.8 Å². The fraction of sp³-hybridized carbons (Fsp3) is 0.267. The zero-order valence-electron chi connectivity index (χ0n) is 12.5. The van der Waals surface area contributed by atoms with Crippen molar-refractivity contribution in [3.8, 4) is 0 Å². The summed E-state index contributed by atoms with van der Waals surface area (Å²) in [5, 5.41) is 1.59. The molecule has 2 heterocycles. The number of piperazine rings is 1. The summed E-state index contributed by atoms with van der Waals surface area (Å²) in [4.78, 5) is 14.5. The number of carbonyl (C=O) groups excluding carboxylic acids is 1. The SMILES string of the molecule is O=C(c1cccs1)N1CCN(S(=O)(=O)c2ccc(F)c(Cl)c2)CC1. The van der Waals surface area contributed by atoms with E-state index in [0.717, 1.165) is 12.1 Å². The van der Waals surface area contributed by atoms with Crippen molar-refractivity contribution in [3.05, 3.63) is 51.4 Å². The predicted molar refractivity (Wildman–Crippen MR) is 90.4 cm³/mol. The first kappa shape index (κ1) is 17.3. The van der Waals surface area contributed by atoms with Gasteiger partial charge in [0.2, 0.25) is 10.0 Å². The van der Waals surface area contributed by atoms with Crippen molar-refractivity contribution in [3.63, 3.8) is 0 Å². The van der Waals surface area contributed by atoms with Crippen LogP contribution in [0.5, 0.6) is 0 Å². The molecule has 0 spiro atoms. The molecule has 9 heteroatoms. The van der Waals surface area contributed by atoms with Crippen molar-refractivity contribution in [2.45, 2.75) is 4.90 Å². The largest absolute Gasteiger partial charge is 0.335 e. The number of thiophene rings is 1. The lowest BCUT2D eigenvalue weighted by Gasteiger charge is -2.33. The van der Waals surface area contributed by atoms with E-state index in [1.807, 2.05) is 5.38 Å². The molecule has 0 bridgehead atoms. The minimum absolute atomic E-state index is 0.0491. The highest BCUT2D eigenvalue weighted by atomic mass is 35.5. The highest BCUT2D eigenvalue weighted by molar-refractivity contribution is 7.89. The van der Waals surface area contributed by atoms with Gasteiger partial charge in [0.25, 0.3) is 5.91 Å². The lowest BCUT2D eigenvalue weighted by Crippen LogP contribution is -2.50. The second-order valence-electron chi connectivity index (χ2n) is 5.25. The molecule has 0 unspecified atom stereocenters. The molecule has 0 aliphatic carbocycles. The molecule has 1 fully saturated rings. The van der Waals surface area contributed by atoms with E-state index in [9.17, 15) is 17.6 Å². The maximum atomic E-state index is 13.2. The second kappa shape index (κ2) is 6.79. The van der Waals surface area contributed by atoms with E-state index in [1.165, 1.54) is 21.7 Å². The van der Waals surface area contributed by atoms with E-state index in [1.54, 1.807) is 17.0 Å². The van der Waals surface area contributed by atoms with Crippen LogP contribution in [0.1, 0.15) is 9.67 Å². The van der Waals surface area contributed by atoms with Crippen LogP contribution in [0.3, 0.4) is 0 Å². The summed E-state index contributed by atoms with van der Waals surface area (Å²) < 4.78 is 39.7. The van der Waals surface area contributed by atoms with E-state index < -0.39 is 15.8 Å². The fourth-order valence-electron chi connectivity index (χ4n) is 2.47. The molecular formula is C15H14ClFN2O3S2. The topological polar surface area (TPSA) is 57.7 Å². The van der Waals surface area contributed by atoms with Gasteiger partial charge in [-0.15, -0.1) is 11.3 Å². The van der Waals surface area contributed by atoms with E-state index in [-0.39, 0.29) is 28.9 Å². The molecule has 1 aliphatic rings. The molecule has 0 atom stereocenters. The van der Waals surface area contributed by atoms with Crippen LogP contribution >= 0.6 is 22.9 Å². The third-order valence-electron chi connectivity index (χ3n) is 3.79. The number of benzene rings is 1. The quantitative estimate of drug-likeness (QED) is 0.812. The smallest absolute Gasteiger partial charge is 0.264 e. The van der Waals surface area contributed by atoms with Gasteiger partial charge in [0.15, 0.2) is 0 Å². The normalized spacial score (nSPS) is 16.3. The van der Waals surface area contributed by atoms with Crippen molar-refractivity contribution in [1.82, 2.24) is 9.21 Å². The van der Waals surface area contributed by atoms with Crippen LogP contribution in [0.15, 0.2) is 40.6 Å². The van der Waals surface area contributed by atoms with Gasteiger partial charge >= 0.3 is 0 Å². The van der Waals surface area contributed by atoms with Crippen molar-refractivity contribution in [2.75, 3.05) is 26.2 Å². The molecule has 0 radical (unpaired) electrons. The Morgan fingerprint density at radius 3 is 2.46 bits per heavy atom. The van der Waals surface area contributed by atoms with Crippen LogP contribution in [-0.4, -0.2) is 49.7 Å². The monoisotopic (exact) mass is 388 g/mol. The maximum absolute atomic E-state index is 13.2. The Labute approximate surface area is 148 Å². The lowest BCUT2D eigenvalue weighted by atomic mass is 10.3. The number of nitrogens with zero attached hydrogens (tertiary/aromatic N) is 2. The molecule has 0 N–H and O–H groups in total. The highest BCUT2D eigenvalue weighted by Crippen LogP contribution is 2.23. The summed E-state index contributed by atoms with van der Waals surface area (Å²) >= 11 is 7.03. The summed E-state index contributed by atoms with van der Waals surface area (Å²) in [7, 11) is -3.76. The standard InChI is InChI=1S/C15H14ClFN2O3S2/c16-12-10-11(3-4-13(12)17)24(21,22)19-7-5-18(6-8-19)15(20)14-2-1-9-23-14/h1-4,9-10H,5-8H2. The minimum atomic E-state index is -3.76. The molecule has 24 heavy (non-hydrogen) atoms. The summed E-state index contributed by atoms with van der Waals surface area (Å²) in [6.45, 7) is 0.999. The molecule has 1 saturated heterocycles. The number of sulfonamides is 1. The van der Waals surface area contributed by atoms with Crippen LogP contribution < -0.4 is 0 Å². The first-order chi connectivity index (χ1) is 11.4. The summed E-state index contributed by atoms with van der Waals surface area (Å²) in [6.07, 6.45) is 0. The Kier molecular flexibility index (Phi) is 4.91. The first-order valence-corrected chi connectivity index (χ1v) is 9.87. The van der Waals surface area contributed by atoms with Crippen molar-refractivity contribution in [2.24, 2.45) is 0 Å². The zero-order valence-corrected chi connectivity index (χ0v) is 14.9. The third-order valence-corrected chi connectivity index (χ3v) is 6.83. The van der Waals surface area contributed by atoms with Gasteiger partial charge in [-0.1, -0.05) is 17.7 Å². The number of amides is 1. The van der Waals surface area contributed by atoms with Crippen LogP contribution in [0.4, 0.5) is 4.39 Å². The van der Waals surface area contributed by atoms with Gasteiger partial charge < -0.3 is 4.90 Å². The molecule has 1 amide bonds. The Balaban J connectivity index is 1.71. The molecule has 3 rings (SSSR count). The number of halogens is 2. The Hall–Kier alpha value is -1.48. The Bertz CT molecular complexity index is 848. The van der Waals surface area contributed by atoms with Crippen LogP contribution in [0.25, 0.3) is 0 Å². The average molecular weight is 389 g/mol. The predicted octanol–water partition coefficient (Wildman–Crippen LogP) is 2.69. The third kappa shape index (κ3) is 3.32. The van der Waals surface area contributed by atoms with Crippen molar-refractivity contribution >= 4 is 38.9 Å². The van der Waals surface area contributed by atoms with Gasteiger partial charge in [0, 0.05) is 26.2 Å². The lowest BCUT2D eigenvalue weighted by molar-refractivity contribution is 0.0703. The minimum Gasteiger partial charge on any atom is -0.335 e. The molecule has 2 aromatic rings. The molecule has 5 nitrogen and oxygen atoms in total. The number of hydrogen-bond donors (Lipinski definition) is 0. The molecule has 1 aromatic carbocycles. The first-order valence-electron chi connectivity index (χ1n) is 7.17. The Morgan fingerprint density at radius 1 is 1.17 bits per heavy atom. The van der Waals surface area contributed by atoms with Crippen LogP contribution in [-0.2, 0) is 10.0 Å². The zero-order chi connectivity index (χ0) is 17.3. The van der Waals surface area contributed by atoms with E-state index >= 15 is 0 Å². The molecule has 128 valence electrons. The maximum Gasteiger partial charge on any atom is 0.264 e. The second-order valence-corrected chi connectivity index (χ2v) is 8.54. The van der Waals surface area contributed by atoms with Gasteiger partial charge in [-0.05, 0) is 29.6 Å². The molecule has 0 saturated carbocycles. The van der Waals surface area contributed by atoms with Gasteiger partial charge in [-0.3, -0.25) is 4.79 Å². The van der Waals surface area contributed by atoms with Crippen LogP contribution in [0, 0.1) is 5.82 Å². The fourth-order valence-corrected chi connectivity index (χ4v) is 4.86. The Morgan fingerprint density at radius 2 is 1.88 bits per heavy atom. The van der Waals surface area contributed by atoms with Crippen molar-refractivity contribution in [1.29, 1.82) is 0 Å². The number of rotatable bonds is 3. The average Bonchev–Trinajstić information content (AvgIpc) is 3.11. The van der Waals surface area contributed by atoms with Gasteiger partial charge in [0.05, 0.1) is 14.8 Å². The van der Waals surface area contributed by atoms with E-state index in [0.29, 0.717) is 18.0 Å². The number of carbonyl (C=O) groups is 1. The molecule has 1 aromatic heterocycles. The summed E-state index contributed by atoms with van der Waals surface area (Å²) in [6, 6.07) is 6.88. The molecule has 1 aliphatic heterocycles. The molecular weight excluding hydrogens is 375 g/mol. The van der Waals surface area contributed by atoms with E-state index in [4.69, 9.17) is 11.6 Å². The van der Waals surface area contributed by atoms with Crippen LogP contribution in [0.2, 0.25) is 5.02 Å². The van der Waals surface area contributed by atoms with Gasteiger partial charge in [-0.2, -0.15) is 4.31 Å².